The predicted octanol–water partition coefficient (Wildman–Crippen LogP) is 4.34. The number of hydrogen-bond acceptors (Lipinski definition) is 2. The van der Waals surface area contributed by atoms with Crippen molar-refractivity contribution in [3.8, 4) is 0 Å². The van der Waals surface area contributed by atoms with Crippen LogP contribution in [0.3, 0.4) is 0 Å². The number of rotatable bonds is 2. The molecule has 0 saturated heterocycles. The van der Waals surface area contributed by atoms with Gasteiger partial charge in [0.25, 0.3) is 0 Å². The highest BCUT2D eigenvalue weighted by Crippen LogP contribution is 2.36. The Hall–Kier alpha value is -1.32. The fraction of sp³-hybridized carbons (Fsp3) is 0.294. The van der Waals surface area contributed by atoms with Crippen molar-refractivity contribution in [3.63, 3.8) is 0 Å². The van der Waals surface area contributed by atoms with Gasteiger partial charge < -0.3 is 9.47 Å². The summed E-state index contributed by atoms with van der Waals surface area (Å²) in [5.74, 6) is 0. The van der Waals surface area contributed by atoms with Gasteiger partial charge in [0, 0.05) is 10.9 Å². The van der Waals surface area contributed by atoms with E-state index in [9.17, 15) is 0 Å². The quantitative estimate of drug-likeness (QED) is 0.700. The second-order valence-electron chi connectivity index (χ2n) is 4.83. The summed E-state index contributed by atoms with van der Waals surface area (Å²) < 4.78 is 11.2. The SMILES string of the molecule is BrCCC=C1CC=CC2=COCOC3C=CC=CC3=C21. The Labute approximate surface area is 128 Å². The Balaban J connectivity index is 2.11. The first-order valence-corrected chi connectivity index (χ1v) is 7.97. The topological polar surface area (TPSA) is 18.5 Å². The van der Waals surface area contributed by atoms with Gasteiger partial charge >= 0.3 is 0 Å². The molecule has 0 spiro atoms. The van der Waals surface area contributed by atoms with Crippen LogP contribution < -0.4 is 0 Å². The number of ether oxygens (including phenoxy) is 2. The van der Waals surface area contributed by atoms with Gasteiger partial charge in [0.15, 0.2) is 6.79 Å². The van der Waals surface area contributed by atoms with Gasteiger partial charge in [-0.05, 0) is 29.6 Å². The fourth-order valence-electron chi connectivity index (χ4n) is 2.68. The second kappa shape index (κ2) is 6.42. The fourth-order valence-corrected chi connectivity index (χ4v) is 2.91. The Bertz CT molecular complexity index is 562. The molecule has 3 rings (SSSR count). The van der Waals surface area contributed by atoms with E-state index in [1.54, 1.807) is 0 Å². The lowest BCUT2D eigenvalue weighted by Crippen LogP contribution is -2.20. The van der Waals surface area contributed by atoms with Gasteiger partial charge in [0.1, 0.15) is 6.10 Å². The minimum absolute atomic E-state index is 0.0161. The van der Waals surface area contributed by atoms with Gasteiger partial charge in [-0.3, -0.25) is 0 Å². The third kappa shape index (κ3) is 2.74. The van der Waals surface area contributed by atoms with Crippen molar-refractivity contribution in [2.24, 2.45) is 0 Å². The molecule has 1 heterocycles. The highest BCUT2D eigenvalue weighted by Gasteiger charge is 2.24. The van der Waals surface area contributed by atoms with E-state index in [1.807, 2.05) is 12.3 Å². The van der Waals surface area contributed by atoms with Gasteiger partial charge in [0.2, 0.25) is 0 Å². The first kappa shape index (κ1) is 13.7. The van der Waals surface area contributed by atoms with E-state index in [-0.39, 0.29) is 12.9 Å². The minimum atomic E-state index is -0.0161. The molecule has 0 bridgehead atoms. The first-order chi connectivity index (χ1) is 9.90. The Morgan fingerprint density at radius 1 is 1.30 bits per heavy atom. The summed E-state index contributed by atoms with van der Waals surface area (Å²) in [6.45, 7) is 0.289. The van der Waals surface area contributed by atoms with Crippen LogP contribution in [0.15, 0.2) is 71.1 Å². The van der Waals surface area contributed by atoms with E-state index in [1.165, 1.54) is 16.7 Å². The molecule has 1 aliphatic heterocycles. The number of alkyl halides is 1. The van der Waals surface area contributed by atoms with Gasteiger partial charge in [-0.1, -0.05) is 58.5 Å². The first-order valence-electron chi connectivity index (χ1n) is 6.85. The van der Waals surface area contributed by atoms with Crippen LogP contribution in [0, 0.1) is 0 Å². The molecule has 1 unspecified atom stereocenters. The number of halogens is 1. The van der Waals surface area contributed by atoms with E-state index in [0.717, 1.165) is 23.7 Å². The largest absolute Gasteiger partial charge is 0.474 e. The average Bonchev–Trinajstić information content (AvgIpc) is 2.47. The second-order valence-corrected chi connectivity index (χ2v) is 5.63. The summed E-state index contributed by atoms with van der Waals surface area (Å²) >= 11 is 3.49. The van der Waals surface area contributed by atoms with Crippen LogP contribution in [0.25, 0.3) is 0 Å². The van der Waals surface area contributed by atoms with E-state index in [2.05, 4.69) is 52.4 Å². The average molecular weight is 333 g/mol. The lowest BCUT2D eigenvalue weighted by molar-refractivity contribution is -0.0279. The summed E-state index contributed by atoms with van der Waals surface area (Å²) in [6, 6.07) is 0. The zero-order valence-electron chi connectivity index (χ0n) is 11.2. The summed E-state index contributed by atoms with van der Waals surface area (Å²) in [4.78, 5) is 0. The Morgan fingerprint density at radius 3 is 3.15 bits per heavy atom. The molecule has 20 heavy (non-hydrogen) atoms. The third-order valence-electron chi connectivity index (χ3n) is 3.54. The summed E-state index contributed by atoms with van der Waals surface area (Å²) in [5.41, 5.74) is 4.98. The van der Waals surface area contributed by atoms with Crippen LogP contribution in [0.2, 0.25) is 0 Å². The van der Waals surface area contributed by atoms with E-state index >= 15 is 0 Å². The third-order valence-corrected chi connectivity index (χ3v) is 4.00. The van der Waals surface area contributed by atoms with Crippen LogP contribution in [-0.2, 0) is 9.47 Å². The van der Waals surface area contributed by atoms with Crippen LogP contribution in [0.5, 0.6) is 0 Å². The summed E-state index contributed by atoms with van der Waals surface area (Å²) in [5, 5.41) is 0.980. The molecule has 0 saturated carbocycles. The van der Waals surface area contributed by atoms with Crippen molar-refractivity contribution in [2.45, 2.75) is 18.9 Å². The molecule has 3 heteroatoms. The smallest absolute Gasteiger partial charge is 0.189 e. The number of hydrogen-bond donors (Lipinski definition) is 0. The van der Waals surface area contributed by atoms with Crippen molar-refractivity contribution in [3.05, 3.63) is 71.1 Å². The molecule has 104 valence electrons. The van der Waals surface area contributed by atoms with Crippen molar-refractivity contribution in [1.82, 2.24) is 0 Å². The number of fused-ring (bicyclic) bond motifs is 2. The molecule has 0 amide bonds. The Morgan fingerprint density at radius 2 is 2.25 bits per heavy atom. The molecule has 1 atom stereocenters. The lowest BCUT2D eigenvalue weighted by atomic mass is 9.83. The molecule has 0 aromatic rings. The zero-order chi connectivity index (χ0) is 13.8. The summed E-state index contributed by atoms with van der Waals surface area (Å²) in [7, 11) is 0. The van der Waals surface area contributed by atoms with Crippen molar-refractivity contribution >= 4 is 15.9 Å². The molecule has 0 N–H and O–H groups in total. The highest BCUT2D eigenvalue weighted by atomic mass is 79.9. The van der Waals surface area contributed by atoms with Crippen LogP contribution in [-0.4, -0.2) is 18.2 Å². The zero-order valence-corrected chi connectivity index (χ0v) is 12.8. The molecule has 2 nitrogen and oxygen atoms in total. The number of allylic oxidation sites excluding steroid dienone is 8. The monoisotopic (exact) mass is 332 g/mol. The van der Waals surface area contributed by atoms with Crippen LogP contribution in [0.1, 0.15) is 12.8 Å². The van der Waals surface area contributed by atoms with Crippen molar-refractivity contribution in [2.75, 3.05) is 12.1 Å². The van der Waals surface area contributed by atoms with Gasteiger partial charge in [-0.2, -0.15) is 0 Å². The molecule has 2 aliphatic carbocycles. The van der Waals surface area contributed by atoms with E-state index in [4.69, 9.17) is 9.47 Å². The Kier molecular flexibility index (Phi) is 4.38. The molecular formula is C17H17BrO2. The van der Waals surface area contributed by atoms with Gasteiger partial charge in [-0.15, -0.1) is 0 Å². The van der Waals surface area contributed by atoms with Gasteiger partial charge in [-0.25, -0.2) is 0 Å². The van der Waals surface area contributed by atoms with Gasteiger partial charge in [0.05, 0.1) is 6.26 Å². The standard InChI is InChI=1S/C17H17BrO2/c18-10-4-7-13-5-3-6-14-11-19-12-20-16-9-2-1-8-15(16)17(13)14/h1-3,6-9,11,16H,4-5,10,12H2. The van der Waals surface area contributed by atoms with Crippen molar-refractivity contribution in [1.29, 1.82) is 0 Å². The maximum atomic E-state index is 5.77. The van der Waals surface area contributed by atoms with E-state index in [0.29, 0.717) is 0 Å². The highest BCUT2D eigenvalue weighted by molar-refractivity contribution is 9.09. The summed E-state index contributed by atoms with van der Waals surface area (Å²) in [6.07, 6.45) is 18.8. The molecular weight excluding hydrogens is 316 g/mol. The van der Waals surface area contributed by atoms with Crippen molar-refractivity contribution < 1.29 is 9.47 Å². The maximum absolute atomic E-state index is 5.77. The van der Waals surface area contributed by atoms with Crippen LogP contribution >= 0.6 is 15.9 Å². The molecule has 0 aromatic carbocycles. The normalized spacial score (nSPS) is 26.6. The lowest BCUT2D eigenvalue weighted by Gasteiger charge is -2.27. The molecule has 0 aromatic heterocycles. The molecule has 0 fully saturated rings. The molecule has 3 aliphatic rings. The van der Waals surface area contributed by atoms with E-state index < -0.39 is 0 Å². The molecule has 0 radical (unpaired) electrons. The van der Waals surface area contributed by atoms with Crippen LogP contribution in [0.4, 0.5) is 0 Å². The minimum Gasteiger partial charge on any atom is -0.474 e. The maximum Gasteiger partial charge on any atom is 0.189 e. The predicted molar refractivity (Wildman–Crippen MR) is 84.5 cm³/mol.